The molecule has 21 heavy (non-hydrogen) atoms. The fourth-order valence-corrected chi connectivity index (χ4v) is 2.93. The van der Waals surface area contributed by atoms with E-state index in [4.69, 9.17) is 0 Å². The van der Waals surface area contributed by atoms with E-state index in [1.54, 1.807) is 6.07 Å². The molecule has 0 saturated carbocycles. The van der Waals surface area contributed by atoms with Gasteiger partial charge in [0, 0.05) is 27.4 Å². The number of rotatable bonds is 2. The molecule has 2 nitrogen and oxygen atoms in total. The molecular formula is C19H12NO. The van der Waals surface area contributed by atoms with E-state index in [0.717, 1.165) is 27.5 Å². The molecule has 1 N–H and O–H groups in total. The van der Waals surface area contributed by atoms with Gasteiger partial charge in [0.05, 0.1) is 0 Å². The number of H-pyrrole nitrogens is 1. The highest BCUT2D eigenvalue weighted by Gasteiger charge is 2.12. The van der Waals surface area contributed by atoms with Gasteiger partial charge in [-0.3, -0.25) is 4.79 Å². The molecule has 1 aromatic heterocycles. The highest BCUT2D eigenvalue weighted by atomic mass is 16.1. The predicted molar refractivity (Wildman–Crippen MR) is 86.0 cm³/mol. The van der Waals surface area contributed by atoms with Gasteiger partial charge in [-0.1, -0.05) is 54.6 Å². The first kappa shape index (κ1) is 11.9. The van der Waals surface area contributed by atoms with Crippen molar-refractivity contribution in [2.75, 3.05) is 0 Å². The molecule has 0 aliphatic rings. The Morgan fingerprint density at radius 3 is 2.33 bits per heavy atom. The molecule has 2 heteroatoms. The van der Waals surface area contributed by atoms with E-state index in [0.29, 0.717) is 5.56 Å². The van der Waals surface area contributed by atoms with E-state index >= 15 is 0 Å². The summed E-state index contributed by atoms with van der Waals surface area (Å²) in [5.74, 6) is 0. The Hall–Kier alpha value is -2.87. The van der Waals surface area contributed by atoms with Crippen LogP contribution in [0.3, 0.4) is 0 Å². The zero-order valence-corrected chi connectivity index (χ0v) is 11.3. The SMILES string of the molecule is O=[C]c1ccccc1-c1cccc2[nH]c3ccccc3c12. The Labute approximate surface area is 122 Å². The molecule has 0 aliphatic heterocycles. The highest BCUT2D eigenvalue weighted by molar-refractivity contribution is 6.15. The number of carbonyl (C=O) groups excluding carboxylic acids is 1. The van der Waals surface area contributed by atoms with Gasteiger partial charge in [-0.15, -0.1) is 0 Å². The van der Waals surface area contributed by atoms with Crippen molar-refractivity contribution in [1.82, 2.24) is 4.98 Å². The van der Waals surface area contributed by atoms with Crippen LogP contribution in [0.5, 0.6) is 0 Å². The number of hydrogen-bond donors (Lipinski definition) is 1. The van der Waals surface area contributed by atoms with Crippen LogP contribution >= 0.6 is 0 Å². The minimum absolute atomic E-state index is 0.593. The first-order chi connectivity index (χ1) is 10.4. The molecule has 4 aromatic rings. The fourth-order valence-electron chi connectivity index (χ4n) is 2.93. The molecule has 0 atom stereocenters. The van der Waals surface area contributed by atoms with Gasteiger partial charge < -0.3 is 4.98 Å². The second kappa shape index (κ2) is 4.60. The minimum Gasteiger partial charge on any atom is -0.354 e. The number of hydrogen-bond acceptors (Lipinski definition) is 1. The number of aromatic nitrogens is 1. The Kier molecular flexibility index (Phi) is 2.61. The summed E-state index contributed by atoms with van der Waals surface area (Å²) in [6.07, 6.45) is 2.04. The zero-order valence-electron chi connectivity index (χ0n) is 11.3. The lowest BCUT2D eigenvalue weighted by Crippen LogP contribution is -1.87. The molecule has 0 amide bonds. The van der Waals surface area contributed by atoms with E-state index in [-0.39, 0.29) is 0 Å². The second-order valence-electron chi connectivity index (χ2n) is 5.05. The molecule has 1 radical (unpaired) electrons. The van der Waals surface area contributed by atoms with Gasteiger partial charge in [0.2, 0.25) is 6.29 Å². The molecule has 99 valence electrons. The van der Waals surface area contributed by atoms with Crippen molar-refractivity contribution in [2.45, 2.75) is 0 Å². The van der Waals surface area contributed by atoms with Crippen LogP contribution in [0, 0.1) is 0 Å². The average Bonchev–Trinajstić information content (AvgIpc) is 2.93. The van der Waals surface area contributed by atoms with E-state index in [2.05, 4.69) is 29.2 Å². The van der Waals surface area contributed by atoms with Crippen LogP contribution in [0.25, 0.3) is 32.9 Å². The summed E-state index contributed by atoms with van der Waals surface area (Å²) in [6, 6.07) is 21.9. The third kappa shape index (κ3) is 1.77. The van der Waals surface area contributed by atoms with Crippen molar-refractivity contribution in [2.24, 2.45) is 0 Å². The van der Waals surface area contributed by atoms with Gasteiger partial charge in [-0.2, -0.15) is 0 Å². The van der Waals surface area contributed by atoms with Crippen molar-refractivity contribution in [1.29, 1.82) is 0 Å². The number of benzene rings is 3. The first-order valence-electron chi connectivity index (χ1n) is 6.85. The van der Waals surface area contributed by atoms with Crippen molar-refractivity contribution < 1.29 is 4.79 Å². The molecule has 0 unspecified atom stereocenters. The van der Waals surface area contributed by atoms with Gasteiger partial charge in [-0.05, 0) is 23.3 Å². The Morgan fingerprint density at radius 1 is 0.714 bits per heavy atom. The zero-order chi connectivity index (χ0) is 14.2. The summed E-state index contributed by atoms with van der Waals surface area (Å²) in [5.41, 5.74) is 4.75. The molecule has 0 spiro atoms. The van der Waals surface area contributed by atoms with E-state index in [1.165, 1.54) is 5.39 Å². The quantitative estimate of drug-likeness (QED) is 0.573. The Morgan fingerprint density at radius 2 is 1.43 bits per heavy atom. The summed E-state index contributed by atoms with van der Waals surface area (Å²) < 4.78 is 0. The second-order valence-corrected chi connectivity index (χ2v) is 5.05. The molecule has 0 aliphatic carbocycles. The van der Waals surface area contributed by atoms with Crippen molar-refractivity contribution in [3.05, 3.63) is 72.3 Å². The monoisotopic (exact) mass is 270 g/mol. The number of nitrogens with one attached hydrogen (secondary N) is 1. The standard InChI is InChI=1S/C19H12NO/c21-12-13-6-1-2-7-14(13)15-9-5-11-18-19(15)16-8-3-4-10-17(16)20-18/h1-11,20H. The lowest BCUT2D eigenvalue weighted by atomic mass is 9.96. The van der Waals surface area contributed by atoms with Gasteiger partial charge in [-0.25, -0.2) is 0 Å². The molecule has 0 fully saturated rings. The van der Waals surface area contributed by atoms with Gasteiger partial charge >= 0.3 is 0 Å². The average molecular weight is 270 g/mol. The fraction of sp³-hybridized carbons (Fsp3) is 0. The molecule has 1 heterocycles. The summed E-state index contributed by atoms with van der Waals surface area (Å²) in [7, 11) is 0. The van der Waals surface area contributed by atoms with Crippen LogP contribution in [0.15, 0.2) is 66.7 Å². The van der Waals surface area contributed by atoms with Crippen LogP contribution in [0.2, 0.25) is 0 Å². The lowest BCUT2D eigenvalue weighted by molar-refractivity contribution is 0.563. The van der Waals surface area contributed by atoms with Crippen molar-refractivity contribution in [3.8, 4) is 11.1 Å². The maximum absolute atomic E-state index is 11.2. The van der Waals surface area contributed by atoms with Gasteiger partial charge in [0.25, 0.3) is 0 Å². The third-order valence-electron chi connectivity index (χ3n) is 3.86. The minimum atomic E-state index is 0.593. The molecule has 4 rings (SSSR count). The first-order valence-corrected chi connectivity index (χ1v) is 6.85. The Balaban J connectivity index is 2.16. The van der Waals surface area contributed by atoms with Crippen LogP contribution in [0.4, 0.5) is 0 Å². The van der Waals surface area contributed by atoms with Crippen LogP contribution in [-0.2, 0) is 4.79 Å². The summed E-state index contributed by atoms with van der Waals surface area (Å²) in [4.78, 5) is 14.6. The molecule has 0 bridgehead atoms. The molecule has 3 aromatic carbocycles. The number of aromatic amines is 1. The largest absolute Gasteiger partial charge is 0.354 e. The molecule has 0 saturated heterocycles. The van der Waals surface area contributed by atoms with Gasteiger partial charge in [0.15, 0.2) is 0 Å². The normalized spacial score (nSPS) is 11.0. The summed E-state index contributed by atoms with van der Waals surface area (Å²) >= 11 is 0. The van der Waals surface area contributed by atoms with Crippen LogP contribution in [0.1, 0.15) is 5.56 Å². The summed E-state index contributed by atoms with van der Waals surface area (Å²) in [5, 5.41) is 2.32. The number of para-hydroxylation sites is 1. The smallest absolute Gasteiger partial charge is 0.234 e. The van der Waals surface area contributed by atoms with Crippen LogP contribution in [-0.4, -0.2) is 11.3 Å². The van der Waals surface area contributed by atoms with Crippen molar-refractivity contribution in [3.63, 3.8) is 0 Å². The van der Waals surface area contributed by atoms with Gasteiger partial charge in [0.1, 0.15) is 0 Å². The lowest BCUT2D eigenvalue weighted by Gasteiger charge is -2.06. The topological polar surface area (TPSA) is 32.9 Å². The number of fused-ring (bicyclic) bond motifs is 3. The highest BCUT2D eigenvalue weighted by Crippen LogP contribution is 2.35. The predicted octanol–water partition coefficient (Wildman–Crippen LogP) is 4.45. The van der Waals surface area contributed by atoms with Crippen LogP contribution < -0.4 is 0 Å². The molecular weight excluding hydrogens is 258 g/mol. The third-order valence-corrected chi connectivity index (χ3v) is 3.86. The Bertz CT molecular complexity index is 966. The summed E-state index contributed by atoms with van der Waals surface area (Å²) in [6.45, 7) is 0. The van der Waals surface area contributed by atoms with Crippen molar-refractivity contribution >= 4 is 28.1 Å². The maximum atomic E-state index is 11.2. The van der Waals surface area contributed by atoms with E-state index in [1.807, 2.05) is 42.7 Å². The maximum Gasteiger partial charge on any atom is 0.234 e. The van der Waals surface area contributed by atoms with E-state index in [9.17, 15) is 4.79 Å². The van der Waals surface area contributed by atoms with E-state index < -0.39 is 0 Å².